The summed E-state index contributed by atoms with van der Waals surface area (Å²) in [5.74, 6) is -1.52. The summed E-state index contributed by atoms with van der Waals surface area (Å²) < 4.78 is 29.1. The molecule has 2 saturated heterocycles. The van der Waals surface area contributed by atoms with Crippen molar-refractivity contribution >= 4 is 5.91 Å². The van der Waals surface area contributed by atoms with Crippen molar-refractivity contribution in [2.75, 3.05) is 45.8 Å². The summed E-state index contributed by atoms with van der Waals surface area (Å²) >= 11 is 0. The van der Waals surface area contributed by atoms with Gasteiger partial charge in [-0.15, -0.1) is 0 Å². The Balaban J connectivity index is 1.50. The maximum absolute atomic E-state index is 14.3. The summed E-state index contributed by atoms with van der Waals surface area (Å²) in [5, 5.41) is 4.28. The molecule has 6 nitrogen and oxygen atoms in total. The van der Waals surface area contributed by atoms with Gasteiger partial charge in [0.1, 0.15) is 17.3 Å². The second kappa shape index (κ2) is 8.20. The fourth-order valence-corrected chi connectivity index (χ4v) is 4.36. The van der Waals surface area contributed by atoms with E-state index in [0.29, 0.717) is 24.7 Å². The van der Waals surface area contributed by atoms with Gasteiger partial charge in [0.25, 0.3) is 5.91 Å². The summed E-state index contributed by atoms with van der Waals surface area (Å²) in [6.45, 7) is 8.80. The zero-order valence-corrected chi connectivity index (χ0v) is 16.9. The highest BCUT2D eigenvalue weighted by Gasteiger charge is 2.34. The molecule has 0 spiro atoms. The molecule has 1 aromatic carbocycles. The molecule has 1 aromatic heterocycles. The number of likely N-dealkylation sites (tertiary alicyclic amines) is 1. The van der Waals surface area contributed by atoms with E-state index in [-0.39, 0.29) is 17.2 Å². The minimum absolute atomic E-state index is 0.141. The van der Waals surface area contributed by atoms with Crippen molar-refractivity contribution in [3.05, 3.63) is 41.6 Å². The quantitative estimate of drug-likeness (QED) is 0.785. The number of hydrogen-bond acceptors (Lipinski definition) is 4. The minimum atomic E-state index is -0.717. The lowest BCUT2D eigenvalue weighted by Gasteiger charge is -2.37. The molecule has 29 heavy (non-hydrogen) atoms. The van der Waals surface area contributed by atoms with Crippen molar-refractivity contribution in [2.45, 2.75) is 19.4 Å². The van der Waals surface area contributed by atoms with E-state index < -0.39 is 11.6 Å². The Kier molecular flexibility index (Phi) is 5.65. The van der Waals surface area contributed by atoms with Crippen LogP contribution in [0.1, 0.15) is 23.7 Å². The van der Waals surface area contributed by atoms with Crippen LogP contribution < -0.4 is 0 Å². The number of rotatable bonds is 4. The standard InChI is InChI=1S/C21H27F2N5O/c1-3-26-8-10-27(11-9-26)16-6-7-28(13-16)21(29)18-14-25(2)24-20(18)17-5-4-15(22)12-19(17)23/h4-5,12,14,16H,3,6-11,13H2,1-2H3. The molecule has 1 atom stereocenters. The number of halogens is 2. The van der Waals surface area contributed by atoms with E-state index in [2.05, 4.69) is 21.8 Å². The Bertz CT molecular complexity index is 891. The second-order valence-corrected chi connectivity index (χ2v) is 7.85. The highest BCUT2D eigenvalue weighted by molar-refractivity contribution is 6.00. The van der Waals surface area contributed by atoms with E-state index in [4.69, 9.17) is 0 Å². The molecule has 1 amide bonds. The van der Waals surface area contributed by atoms with Crippen molar-refractivity contribution in [2.24, 2.45) is 7.05 Å². The Hall–Kier alpha value is -2.32. The number of piperazine rings is 1. The van der Waals surface area contributed by atoms with E-state index in [9.17, 15) is 13.6 Å². The number of amides is 1. The van der Waals surface area contributed by atoms with Crippen LogP contribution in [0.5, 0.6) is 0 Å². The van der Waals surface area contributed by atoms with Crippen LogP contribution in [0.25, 0.3) is 11.3 Å². The summed E-state index contributed by atoms with van der Waals surface area (Å²) in [5.41, 5.74) is 0.756. The van der Waals surface area contributed by atoms with E-state index in [0.717, 1.165) is 45.2 Å². The largest absolute Gasteiger partial charge is 0.337 e. The number of carbonyl (C=O) groups excluding carboxylic acids is 1. The maximum Gasteiger partial charge on any atom is 0.257 e. The predicted molar refractivity (Wildman–Crippen MR) is 107 cm³/mol. The molecule has 2 fully saturated rings. The van der Waals surface area contributed by atoms with Crippen molar-refractivity contribution in [1.29, 1.82) is 0 Å². The molecule has 1 unspecified atom stereocenters. The maximum atomic E-state index is 14.3. The molecule has 0 radical (unpaired) electrons. The molecule has 2 aromatic rings. The van der Waals surface area contributed by atoms with Crippen LogP contribution in [0.15, 0.2) is 24.4 Å². The van der Waals surface area contributed by atoms with Gasteiger partial charge in [-0.1, -0.05) is 6.92 Å². The van der Waals surface area contributed by atoms with Crippen LogP contribution in [-0.4, -0.2) is 82.2 Å². The molecule has 8 heteroatoms. The van der Waals surface area contributed by atoms with E-state index in [1.54, 1.807) is 13.2 Å². The normalized spacial score (nSPS) is 21.1. The van der Waals surface area contributed by atoms with Gasteiger partial charge in [-0.05, 0) is 25.1 Å². The first kappa shape index (κ1) is 20.0. The van der Waals surface area contributed by atoms with Gasteiger partial charge in [-0.2, -0.15) is 5.10 Å². The molecule has 0 aliphatic carbocycles. The first-order valence-electron chi connectivity index (χ1n) is 10.2. The third-order valence-electron chi connectivity index (χ3n) is 6.07. The van der Waals surface area contributed by atoms with Crippen molar-refractivity contribution in [3.63, 3.8) is 0 Å². The molecule has 0 N–H and O–H groups in total. The van der Waals surface area contributed by atoms with Crippen molar-refractivity contribution in [3.8, 4) is 11.3 Å². The van der Waals surface area contributed by atoms with Crippen LogP contribution >= 0.6 is 0 Å². The summed E-state index contributed by atoms with van der Waals surface area (Å²) in [6, 6.07) is 3.70. The number of hydrogen-bond donors (Lipinski definition) is 0. The predicted octanol–water partition coefficient (Wildman–Crippen LogP) is 2.22. The summed E-state index contributed by atoms with van der Waals surface area (Å²) in [6.07, 6.45) is 2.56. The number of aromatic nitrogens is 2. The zero-order chi connectivity index (χ0) is 20.5. The minimum Gasteiger partial charge on any atom is -0.337 e. The van der Waals surface area contributed by atoms with Crippen LogP contribution in [-0.2, 0) is 7.05 Å². The number of aryl methyl sites for hydroxylation is 1. The fourth-order valence-electron chi connectivity index (χ4n) is 4.36. The van der Waals surface area contributed by atoms with E-state index >= 15 is 0 Å². The Morgan fingerprint density at radius 2 is 1.93 bits per heavy atom. The summed E-state index contributed by atoms with van der Waals surface area (Å²) in [7, 11) is 1.70. The van der Waals surface area contributed by atoms with E-state index in [1.807, 2.05) is 4.90 Å². The zero-order valence-electron chi connectivity index (χ0n) is 16.9. The molecule has 4 rings (SSSR count). The van der Waals surface area contributed by atoms with Crippen LogP contribution in [0.4, 0.5) is 8.78 Å². The first-order valence-corrected chi connectivity index (χ1v) is 10.2. The third kappa shape index (κ3) is 4.04. The van der Waals surface area contributed by atoms with Crippen LogP contribution in [0.2, 0.25) is 0 Å². The highest BCUT2D eigenvalue weighted by Crippen LogP contribution is 2.28. The van der Waals surface area contributed by atoms with Gasteiger partial charge in [-0.25, -0.2) is 8.78 Å². The lowest BCUT2D eigenvalue weighted by atomic mass is 10.1. The first-order chi connectivity index (χ1) is 14.0. The van der Waals surface area contributed by atoms with Gasteiger partial charge in [-0.3, -0.25) is 14.4 Å². The van der Waals surface area contributed by atoms with E-state index in [1.165, 1.54) is 16.8 Å². The van der Waals surface area contributed by atoms with Crippen molar-refractivity contribution in [1.82, 2.24) is 24.5 Å². The lowest BCUT2D eigenvalue weighted by Crippen LogP contribution is -2.51. The smallest absolute Gasteiger partial charge is 0.257 e. The molecule has 156 valence electrons. The van der Waals surface area contributed by atoms with Gasteiger partial charge < -0.3 is 9.80 Å². The van der Waals surface area contributed by atoms with Gasteiger partial charge in [0, 0.05) is 70.2 Å². The molecule has 3 heterocycles. The van der Waals surface area contributed by atoms with Gasteiger partial charge in [0.2, 0.25) is 0 Å². The Labute approximate surface area is 169 Å². The monoisotopic (exact) mass is 403 g/mol. The number of likely N-dealkylation sites (N-methyl/N-ethyl adjacent to an activating group) is 1. The highest BCUT2D eigenvalue weighted by atomic mass is 19.1. The molecule has 0 bridgehead atoms. The van der Waals surface area contributed by atoms with Gasteiger partial charge in [0.05, 0.1) is 5.56 Å². The average molecular weight is 403 g/mol. The lowest BCUT2D eigenvalue weighted by molar-refractivity contribution is 0.0746. The number of carbonyl (C=O) groups is 1. The fraction of sp³-hybridized carbons (Fsp3) is 0.524. The Morgan fingerprint density at radius 1 is 1.17 bits per heavy atom. The average Bonchev–Trinajstić information content (AvgIpc) is 3.35. The van der Waals surface area contributed by atoms with Crippen LogP contribution in [0.3, 0.4) is 0 Å². The van der Waals surface area contributed by atoms with Crippen LogP contribution in [0, 0.1) is 11.6 Å². The molecule has 2 aliphatic rings. The third-order valence-corrected chi connectivity index (χ3v) is 6.07. The van der Waals surface area contributed by atoms with Gasteiger partial charge >= 0.3 is 0 Å². The van der Waals surface area contributed by atoms with Gasteiger partial charge in [0.15, 0.2) is 0 Å². The molecule has 2 aliphatic heterocycles. The van der Waals surface area contributed by atoms with Crippen molar-refractivity contribution < 1.29 is 13.6 Å². The molecule has 0 saturated carbocycles. The SMILES string of the molecule is CCN1CCN(C2CCN(C(=O)c3cn(C)nc3-c3ccc(F)cc3F)C2)CC1. The summed E-state index contributed by atoms with van der Waals surface area (Å²) in [4.78, 5) is 20.0. The number of nitrogens with zero attached hydrogens (tertiary/aromatic N) is 5. The number of benzene rings is 1. The molecular formula is C21H27F2N5O. The Morgan fingerprint density at radius 3 is 2.62 bits per heavy atom. The molecular weight excluding hydrogens is 376 g/mol. The second-order valence-electron chi connectivity index (χ2n) is 7.85. The topological polar surface area (TPSA) is 44.6 Å².